The molecule has 2 unspecified atom stereocenters. The lowest BCUT2D eigenvalue weighted by Gasteiger charge is -2.37. The van der Waals surface area contributed by atoms with Crippen LogP contribution in [0.25, 0.3) is 16.2 Å². The first-order chi connectivity index (χ1) is 12.7. The highest BCUT2D eigenvalue weighted by molar-refractivity contribution is 7.99. The number of fused-ring (bicyclic) bond motifs is 1. The van der Waals surface area contributed by atoms with Crippen LogP contribution < -0.4 is 5.32 Å². The number of thioether (sulfide) groups is 1. The maximum absolute atomic E-state index is 6.11. The molecular weight excluding hydrogens is 388 g/mol. The van der Waals surface area contributed by atoms with Crippen LogP contribution in [0.3, 0.4) is 0 Å². The Morgan fingerprint density at radius 2 is 2.19 bits per heavy atom. The molecule has 1 aromatic carbocycles. The Morgan fingerprint density at radius 3 is 2.96 bits per heavy atom. The van der Waals surface area contributed by atoms with Crippen molar-refractivity contribution < 1.29 is 4.74 Å². The van der Waals surface area contributed by atoms with Gasteiger partial charge in [0.25, 0.3) is 0 Å². The largest absolute Gasteiger partial charge is 0.374 e. The highest BCUT2D eigenvalue weighted by Crippen LogP contribution is 2.39. The predicted octanol–water partition coefficient (Wildman–Crippen LogP) is 4.58. The van der Waals surface area contributed by atoms with Gasteiger partial charge in [-0.05, 0) is 37.1 Å². The second-order valence-electron chi connectivity index (χ2n) is 6.94. The predicted molar refractivity (Wildman–Crippen MR) is 109 cm³/mol. The van der Waals surface area contributed by atoms with E-state index in [9.17, 15) is 0 Å². The molecule has 0 radical (unpaired) electrons. The molecule has 2 atom stereocenters. The van der Waals surface area contributed by atoms with E-state index in [4.69, 9.17) is 21.3 Å². The Balaban J connectivity index is 1.32. The molecule has 26 heavy (non-hydrogen) atoms. The summed E-state index contributed by atoms with van der Waals surface area (Å²) in [6, 6.07) is 8.15. The molecule has 2 fully saturated rings. The van der Waals surface area contributed by atoms with Crippen LogP contribution >= 0.6 is 34.7 Å². The van der Waals surface area contributed by atoms with Crippen LogP contribution in [0.4, 0.5) is 5.13 Å². The molecule has 0 aliphatic carbocycles. The molecule has 2 aliphatic heterocycles. The molecule has 4 heterocycles. The van der Waals surface area contributed by atoms with Crippen molar-refractivity contribution in [2.75, 3.05) is 23.4 Å². The lowest BCUT2D eigenvalue weighted by molar-refractivity contribution is -0.0628. The van der Waals surface area contributed by atoms with Crippen LogP contribution in [-0.2, 0) is 4.74 Å². The Labute approximate surface area is 165 Å². The van der Waals surface area contributed by atoms with Crippen molar-refractivity contribution in [3.8, 4) is 11.3 Å². The van der Waals surface area contributed by atoms with Gasteiger partial charge in [0.2, 0.25) is 10.1 Å². The van der Waals surface area contributed by atoms with Crippen molar-refractivity contribution in [3.63, 3.8) is 0 Å². The molecule has 0 amide bonds. The minimum absolute atomic E-state index is 0.0831. The summed E-state index contributed by atoms with van der Waals surface area (Å²) >= 11 is 9.56. The van der Waals surface area contributed by atoms with Gasteiger partial charge in [0.1, 0.15) is 0 Å². The summed E-state index contributed by atoms with van der Waals surface area (Å²) in [5, 5.41) is 9.95. The average molecular weight is 407 g/mol. The van der Waals surface area contributed by atoms with Crippen LogP contribution in [0.5, 0.6) is 0 Å². The normalized spacial score (nSPS) is 26.0. The third kappa shape index (κ3) is 3.22. The molecule has 136 valence electrons. The number of nitrogens with one attached hydrogen (secondary N) is 1. The summed E-state index contributed by atoms with van der Waals surface area (Å²) < 4.78 is 7.97. The Morgan fingerprint density at radius 1 is 1.31 bits per heavy atom. The molecule has 8 heteroatoms. The summed E-state index contributed by atoms with van der Waals surface area (Å²) in [5.41, 5.74) is 2.05. The van der Waals surface area contributed by atoms with Gasteiger partial charge in [-0.3, -0.25) is 0 Å². The third-order valence-electron chi connectivity index (χ3n) is 5.07. The summed E-state index contributed by atoms with van der Waals surface area (Å²) in [6.07, 6.45) is 5.24. The van der Waals surface area contributed by atoms with Gasteiger partial charge >= 0.3 is 0 Å². The van der Waals surface area contributed by atoms with Gasteiger partial charge in [0.15, 0.2) is 0 Å². The molecule has 2 aliphatic rings. The summed E-state index contributed by atoms with van der Waals surface area (Å²) in [5.74, 6) is 2.34. The van der Waals surface area contributed by atoms with E-state index in [2.05, 4.69) is 10.4 Å². The fraction of sp³-hybridized carbons (Fsp3) is 0.444. The van der Waals surface area contributed by atoms with Gasteiger partial charge < -0.3 is 10.1 Å². The van der Waals surface area contributed by atoms with E-state index in [0.29, 0.717) is 6.04 Å². The van der Waals surface area contributed by atoms with Crippen LogP contribution in [0.15, 0.2) is 30.5 Å². The molecular formula is C18H19ClN4OS2. The van der Waals surface area contributed by atoms with Crippen LogP contribution in [0.1, 0.15) is 19.3 Å². The van der Waals surface area contributed by atoms with Crippen LogP contribution in [0.2, 0.25) is 5.02 Å². The standard InChI is InChI=1S/C18H19ClN4OS2/c19-13-3-1-12(2-4-13)15-10-23-17(21-15)26-16(22-23)20-14-5-7-24-18(9-14)6-8-25-11-18/h1-4,10,14H,5-9,11H2,(H,20,22). The molecule has 2 saturated heterocycles. The first-order valence-corrected chi connectivity index (χ1v) is 11.1. The second-order valence-corrected chi connectivity index (χ2v) is 9.43. The fourth-order valence-electron chi connectivity index (χ4n) is 3.71. The quantitative estimate of drug-likeness (QED) is 0.690. The first-order valence-electron chi connectivity index (χ1n) is 8.80. The smallest absolute Gasteiger partial charge is 0.214 e. The van der Waals surface area contributed by atoms with E-state index in [1.807, 2.05) is 46.7 Å². The van der Waals surface area contributed by atoms with E-state index in [1.54, 1.807) is 11.3 Å². The van der Waals surface area contributed by atoms with E-state index in [1.165, 1.54) is 12.2 Å². The molecule has 5 rings (SSSR count). The van der Waals surface area contributed by atoms with Gasteiger partial charge in [-0.15, -0.1) is 5.10 Å². The van der Waals surface area contributed by atoms with Crippen molar-refractivity contribution in [1.82, 2.24) is 14.6 Å². The summed E-state index contributed by atoms with van der Waals surface area (Å²) in [4.78, 5) is 5.60. The molecule has 1 spiro atoms. The number of nitrogens with zero attached hydrogens (tertiary/aromatic N) is 3. The van der Waals surface area contributed by atoms with Crippen molar-refractivity contribution in [3.05, 3.63) is 35.5 Å². The average Bonchev–Trinajstić information content (AvgIpc) is 3.31. The molecule has 0 bridgehead atoms. The van der Waals surface area contributed by atoms with E-state index < -0.39 is 0 Å². The number of imidazole rings is 1. The van der Waals surface area contributed by atoms with E-state index >= 15 is 0 Å². The molecule has 5 nitrogen and oxygen atoms in total. The van der Waals surface area contributed by atoms with E-state index in [-0.39, 0.29) is 5.60 Å². The monoisotopic (exact) mass is 406 g/mol. The van der Waals surface area contributed by atoms with Gasteiger partial charge in [-0.2, -0.15) is 11.8 Å². The Bertz CT molecular complexity index is 886. The molecule has 2 aromatic heterocycles. The van der Waals surface area contributed by atoms with Crippen molar-refractivity contribution >= 4 is 44.8 Å². The Hall–Kier alpha value is -1.28. The first kappa shape index (κ1) is 16.9. The van der Waals surface area contributed by atoms with Gasteiger partial charge in [-0.25, -0.2) is 9.50 Å². The Kier molecular flexibility index (Phi) is 4.35. The van der Waals surface area contributed by atoms with Crippen LogP contribution in [-0.4, -0.2) is 44.4 Å². The third-order valence-corrected chi connectivity index (χ3v) is 7.40. The SMILES string of the molecule is Clc1ccc(-c2cn3nc(NC4CCOC5(CCSC5)C4)sc3n2)cc1. The number of halogens is 1. The lowest BCUT2D eigenvalue weighted by Crippen LogP contribution is -2.44. The topological polar surface area (TPSA) is 51.5 Å². The van der Waals surface area contributed by atoms with Gasteiger partial charge in [0, 0.05) is 29.0 Å². The lowest BCUT2D eigenvalue weighted by atomic mass is 9.90. The zero-order valence-electron chi connectivity index (χ0n) is 14.2. The van der Waals surface area contributed by atoms with Crippen molar-refractivity contribution in [1.29, 1.82) is 0 Å². The van der Waals surface area contributed by atoms with E-state index in [0.717, 1.165) is 51.6 Å². The summed E-state index contributed by atoms with van der Waals surface area (Å²) in [6.45, 7) is 0.835. The number of anilines is 1. The fourth-order valence-corrected chi connectivity index (χ4v) is 6.07. The maximum atomic E-state index is 6.11. The zero-order valence-corrected chi connectivity index (χ0v) is 16.5. The number of rotatable bonds is 3. The number of aromatic nitrogens is 3. The molecule has 3 aromatic rings. The number of hydrogen-bond donors (Lipinski definition) is 1. The molecule has 1 N–H and O–H groups in total. The zero-order chi connectivity index (χ0) is 17.6. The highest BCUT2D eigenvalue weighted by Gasteiger charge is 2.40. The second kappa shape index (κ2) is 6.71. The molecule has 0 saturated carbocycles. The van der Waals surface area contributed by atoms with Gasteiger partial charge in [0.05, 0.1) is 17.5 Å². The summed E-state index contributed by atoms with van der Waals surface area (Å²) in [7, 11) is 0. The van der Waals surface area contributed by atoms with Crippen LogP contribution in [0, 0.1) is 0 Å². The minimum atomic E-state index is 0.0831. The van der Waals surface area contributed by atoms with Crippen molar-refractivity contribution in [2.45, 2.75) is 30.9 Å². The number of ether oxygens (including phenoxy) is 1. The van der Waals surface area contributed by atoms with Crippen molar-refractivity contribution in [2.24, 2.45) is 0 Å². The number of benzene rings is 1. The maximum Gasteiger partial charge on any atom is 0.214 e. The highest BCUT2D eigenvalue weighted by atomic mass is 35.5. The number of hydrogen-bond acceptors (Lipinski definition) is 6. The minimum Gasteiger partial charge on any atom is -0.374 e. The van der Waals surface area contributed by atoms with Gasteiger partial charge in [-0.1, -0.05) is 35.1 Å².